The maximum Gasteiger partial charge on any atom is 0.105 e. The Labute approximate surface area is 56.4 Å². The first-order valence-electron chi connectivity index (χ1n) is 3.18. The van der Waals surface area contributed by atoms with E-state index in [0.717, 1.165) is 12.8 Å². The number of aliphatic hydroxyl groups is 1. The monoisotopic (exact) mass is 129 g/mol. The molecule has 0 bridgehead atoms. The van der Waals surface area contributed by atoms with Crippen molar-refractivity contribution in [3.63, 3.8) is 0 Å². The first-order chi connectivity index (χ1) is 4.00. The minimum atomic E-state index is -0.589. The van der Waals surface area contributed by atoms with Gasteiger partial charge in [0.1, 0.15) is 5.76 Å². The van der Waals surface area contributed by atoms with Crippen LogP contribution in [0.4, 0.5) is 0 Å². The Balaban J connectivity index is 3.85. The highest BCUT2D eigenvalue weighted by Crippen LogP contribution is 2.14. The van der Waals surface area contributed by atoms with Gasteiger partial charge < -0.3 is 10.8 Å². The van der Waals surface area contributed by atoms with Crippen molar-refractivity contribution in [1.29, 1.82) is 0 Å². The van der Waals surface area contributed by atoms with Gasteiger partial charge in [-0.3, -0.25) is 0 Å². The van der Waals surface area contributed by atoms with E-state index in [2.05, 4.69) is 6.58 Å². The van der Waals surface area contributed by atoms with Gasteiger partial charge in [-0.15, -0.1) is 0 Å². The van der Waals surface area contributed by atoms with Crippen LogP contribution in [0.1, 0.15) is 26.7 Å². The fourth-order valence-corrected chi connectivity index (χ4v) is 0.664. The molecular weight excluding hydrogens is 114 g/mol. The molecule has 1 atom stereocenters. The van der Waals surface area contributed by atoms with Crippen molar-refractivity contribution in [1.82, 2.24) is 0 Å². The van der Waals surface area contributed by atoms with Gasteiger partial charge in [0, 0.05) is 0 Å². The first kappa shape index (κ1) is 8.50. The minimum Gasteiger partial charge on any atom is -0.511 e. The smallest absolute Gasteiger partial charge is 0.105 e. The molecule has 0 radical (unpaired) electrons. The number of nitrogens with two attached hydrogens (primary N) is 1. The predicted molar refractivity (Wildman–Crippen MR) is 39.3 cm³/mol. The molecule has 0 spiro atoms. The maximum absolute atomic E-state index is 8.89. The van der Waals surface area contributed by atoms with Crippen molar-refractivity contribution < 1.29 is 5.11 Å². The van der Waals surface area contributed by atoms with Crippen molar-refractivity contribution >= 4 is 0 Å². The van der Waals surface area contributed by atoms with Crippen LogP contribution in [0.3, 0.4) is 0 Å². The zero-order valence-corrected chi connectivity index (χ0v) is 6.15. The molecule has 0 heterocycles. The van der Waals surface area contributed by atoms with Crippen LogP contribution in [0.2, 0.25) is 0 Å². The van der Waals surface area contributed by atoms with Gasteiger partial charge in [-0.2, -0.15) is 0 Å². The molecule has 0 aliphatic carbocycles. The lowest BCUT2D eigenvalue weighted by Gasteiger charge is -2.21. The predicted octanol–water partition coefficient (Wildman–Crippen LogP) is 1.58. The zero-order valence-electron chi connectivity index (χ0n) is 6.15. The van der Waals surface area contributed by atoms with E-state index in [4.69, 9.17) is 10.8 Å². The van der Waals surface area contributed by atoms with Gasteiger partial charge in [0.2, 0.25) is 0 Å². The SMILES string of the molecule is C=C(O)C(C)(N)CCC. The second-order valence-electron chi connectivity index (χ2n) is 2.61. The summed E-state index contributed by atoms with van der Waals surface area (Å²) in [5, 5.41) is 8.89. The summed E-state index contributed by atoms with van der Waals surface area (Å²) in [6.45, 7) is 7.17. The van der Waals surface area contributed by atoms with Crippen molar-refractivity contribution in [2.45, 2.75) is 32.2 Å². The van der Waals surface area contributed by atoms with Crippen LogP contribution in [0.25, 0.3) is 0 Å². The summed E-state index contributed by atoms with van der Waals surface area (Å²) in [6, 6.07) is 0. The van der Waals surface area contributed by atoms with E-state index in [0.29, 0.717) is 0 Å². The van der Waals surface area contributed by atoms with E-state index in [1.165, 1.54) is 0 Å². The van der Waals surface area contributed by atoms with E-state index in [9.17, 15) is 0 Å². The second kappa shape index (κ2) is 2.87. The van der Waals surface area contributed by atoms with E-state index in [-0.39, 0.29) is 5.76 Å². The van der Waals surface area contributed by atoms with E-state index < -0.39 is 5.54 Å². The normalized spacial score (nSPS) is 16.8. The van der Waals surface area contributed by atoms with E-state index >= 15 is 0 Å². The van der Waals surface area contributed by atoms with Crippen LogP contribution in [-0.4, -0.2) is 10.6 Å². The highest BCUT2D eigenvalue weighted by Gasteiger charge is 2.19. The molecular formula is C7H15NO. The number of hydrogen-bond acceptors (Lipinski definition) is 2. The van der Waals surface area contributed by atoms with Crippen LogP contribution in [-0.2, 0) is 0 Å². The average Bonchev–Trinajstić information content (AvgIpc) is 1.65. The molecule has 0 amide bonds. The zero-order chi connectivity index (χ0) is 7.49. The van der Waals surface area contributed by atoms with E-state index in [1.807, 2.05) is 6.92 Å². The minimum absolute atomic E-state index is 0.0735. The number of rotatable bonds is 3. The molecule has 0 saturated heterocycles. The second-order valence-corrected chi connectivity index (χ2v) is 2.61. The molecule has 2 nitrogen and oxygen atoms in total. The highest BCUT2D eigenvalue weighted by molar-refractivity contribution is 5.03. The molecule has 2 heteroatoms. The lowest BCUT2D eigenvalue weighted by molar-refractivity contribution is 0.298. The van der Waals surface area contributed by atoms with Gasteiger partial charge in [0.15, 0.2) is 0 Å². The Hall–Kier alpha value is -0.500. The Morgan fingerprint density at radius 1 is 1.78 bits per heavy atom. The molecule has 0 saturated carbocycles. The average molecular weight is 129 g/mol. The summed E-state index contributed by atoms with van der Waals surface area (Å²) < 4.78 is 0. The molecule has 0 rings (SSSR count). The summed E-state index contributed by atoms with van der Waals surface area (Å²) in [6.07, 6.45) is 1.74. The third kappa shape index (κ3) is 2.51. The first-order valence-corrected chi connectivity index (χ1v) is 3.18. The van der Waals surface area contributed by atoms with Gasteiger partial charge in [-0.25, -0.2) is 0 Å². The van der Waals surface area contributed by atoms with Crippen LogP contribution >= 0.6 is 0 Å². The Morgan fingerprint density at radius 3 is 2.33 bits per heavy atom. The molecule has 9 heavy (non-hydrogen) atoms. The van der Waals surface area contributed by atoms with Gasteiger partial charge in [-0.1, -0.05) is 19.9 Å². The lowest BCUT2D eigenvalue weighted by Crippen LogP contribution is -2.37. The molecule has 0 aromatic carbocycles. The number of aliphatic hydroxyl groups excluding tert-OH is 1. The quantitative estimate of drug-likeness (QED) is 0.568. The molecule has 54 valence electrons. The molecule has 1 unspecified atom stereocenters. The molecule has 0 aliphatic heterocycles. The van der Waals surface area contributed by atoms with Gasteiger partial charge in [0.25, 0.3) is 0 Å². The molecule has 0 aromatic rings. The van der Waals surface area contributed by atoms with E-state index in [1.54, 1.807) is 6.92 Å². The highest BCUT2D eigenvalue weighted by atomic mass is 16.3. The van der Waals surface area contributed by atoms with Crippen molar-refractivity contribution in [3.8, 4) is 0 Å². The molecule has 0 aromatic heterocycles. The third-order valence-corrected chi connectivity index (χ3v) is 1.43. The topological polar surface area (TPSA) is 46.2 Å². The van der Waals surface area contributed by atoms with Crippen LogP contribution in [0.15, 0.2) is 12.3 Å². The fourth-order valence-electron chi connectivity index (χ4n) is 0.664. The lowest BCUT2D eigenvalue weighted by atomic mass is 9.96. The van der Waals surface area contributed by atoms with Crippen molar-refractivity contribution in [3.05, 3.63) is 12.3 Å². The Kier molecular flexibility index (Phi) is 2.71. The molecule has 0 aliphatic rings. The van der Waals surface area contributed by atoms with Crippen molar-refractivity contribution in [2.75, 3.05) is 0 Å². The summed E-state index contributed by atoms with van der Waals surface area (Å²) in [7, 11) is 0. The third-order valence-electron chi connectivity index (χ3n) is 1.43. The van der Waals surface area contributed by atoms with Gasteiger partial charge in [0.05, 0.1) is 5.54 Å². The van der Waals surface area contributed by atoms with Crippen molar-refractivity contribution in [2.24, 2.45) is 5.73 Å². The summed E-state index contributed by atoms with van der Waals surface area (Å²) >= 11 is 0. The fraction of sp³-hybridized carbons (Fsp3) is 0.714. The van der Waals surface area contributed by atoms with Gasteiger partial charge in [-0.05, 0) is 13.3 Å². The van der Waals surface area contributed by atoms with Crippen LogP contribution in [0, 0.1) is 0 Å². The van der Waals surface area contributed by atoms with Gasteiger partial charge >= 0.3 is 0 Å². The summed E-state index contributed by atoms with van der Waals surface area (Å²) in [4.78, 5) is 0. The summed E-state index contributed by atoms with van der Waals surface area (Å²) in [5.41, 5.74) is 5.03. The summed E-state index contributed by atoms with van der Waals surface area (Å²) in [5.74, 6) is 0.0735. The Morgan fingerprint density at radius 2 is 2.22 bits per heavy atom. The van der Waals surface area contributed by atoms with Crippen LogP contribution in [0.5, 0.6) is 0 Å². The Bertz CT molecular complexity index is 107. The molecule has 0 fully saturated rings. The standard InChI is InChI=1S/C7H15NO/c1-4-5-7(3,8)6(2)9/h9H,2,4-5,8H2,1,3H3. The maximum atomic E-state index is 8.89. The largest absolute Gasteiger partial charge is 0.511 e. The molecule has 3 N–H and O–H groups in total. The van der Waals surface area contributed by atoms with Crippen LogP contribution < -0.4 is 5.73 Å². The number of hydrogen-bond donors (Lipinski definition) is 2.